The van der Waals surface area contributed by atoms with Crippen molar-refractivity contribution in [1.82, 2.24) is 9.97 Å². The zero-order valence-electron chi connectivity index (χ0n) is 12.5. The Hall–Kier alpha value is -2.46. The summed E-state index contributed by atoms with van der Waals surface area (Å²) in [5.74, 6) is 1.46. The SMILES string of the molecule is CC[C@H](CO)Nc1nc(-c2ccccc2)nc2ccccc12. The molecule has 1 aromatic heterocycles. The molecular formula is C18H19N3O. The van der Waals surface area contributed by atoms with Crippen molar-refractivity contribution in [3.8, 4) is 11.4 Å². The van der Waals surface area contributed by atoms with Crippen molar-refractivity contribution < 1.29 is 5.11 Å². The third-order valence-electron chi connectivity index (χ3n) is 3.69. The molecule has 0 unspecified atom stereocenters. The molecule has 112 valence electrons. The molecule has 2 N–H and O–H groups in total. The van der Waals surface area contributed by atoms with Gasteiger partial charge in [0.1, 0.15) is 5.82 Å². The number of nitrogens with zero attached hydrogens (tertiary/aromatic N) is 2. The van der Waals surface area contributed by atoms with Crippen molar-refractivity contribution in [2.24, 2.45) is 0 Å². The fourth-order valence-electron chi connectivity index (χ4n) is 2.37. The smallest absolute Gasteiger partial charge is 0.162 e. The van der Waals surface area contributed by atoms with Gasteiger partial charge in [0.25, 0.3) is 0 Å². The van der Waals surface area contributed by atoms with E-state index < -0.39 is 0 Å². The van der Waals surface area contributed by atoms with Gasteiger partial charge in [-0.05, 0) is 18.6 Å². The van der Waals surface area contributed by atoms with E-state index in [4.69, 9.17) is 0 Å². The number of anilines is 1. The van der Waals surface area contributed by atoms with E-state index in [1.165, 1.54) is 0 Å². The van der Waals surface area contributed by atoms with Crippen LogP contribution in [0.15, 0.2) is 54.6 Å². The van der Waals surface area contributed by atoms with Crippen LogP contribution in [0.2, 0.25) is 0 Å². The van der Waals surface area contributed by atoms with E-state index in [0.29, 0.717) is 5.82 Å². The van der Waals surface area contributed by atoms with Crippen LogP contribution < -0.4 is 5.32 Å². The Morgan fingerprint density at radius 1 is 1.00 bits per heavy atom. The van der Waals surface area contributed by atoms with E-state index in [-0.39, 0.29) is 12.6 Å². The maximum Gasteiger partial charge on any atom is 0.162 e. The topological polar surface area (TPSA) is 58.0 Å². The van der Waals surface area contributed by atoms with Crippen molar-refractivity contribution in [2.75, 3.05) is 11.9 Å². The third-order valence-corrected chi connectivity index (χ3v) is 3.69. The molecular weight excluding hydrogens is 274 g/mol. The normalized spacial score (nSPS) is 12.3. The molecule has 0 aliphatic rings. The number of aliphatic hydroxyl groups is 1. The Morgan fingerprint density at radius 3 is 2.45 bits per heavy atom. The number of rotatable bonds is 5. The lowest BCUT2D eigenvalue weighted by molar-refractivity contribution is 0.271. The lowest BCUT2D eigenvalue weighted by atomic mass is 10.1. The van der Waals surface area contributed by atoms with E-state index in [9.17, 15) is 5.11 Å². The van der Waals surface area contributed by atoms with Crippen LogP contribution in [-0.2, 0) is 0 Å². The van der Waals surface area contributed by atoms with Crippen LogP contribution in [0.25, 0.3) is 22.3 Å². The van der Waals surface area contributed by atoms with Crippen molar-refractivity contribution in [1.29, 1.82) is 0 Å². The fourth-order valence-corrected chi connectivity index (χ4v) is 2.37. The Balaban J connectivity index is 2.12. The van der Waals surface area contributed by atoms with Gasteiger partial charge in [0.2, 0.25) is 0 Å². The zero-order chi connectivity index (χ0) is 15.4. The minimum absolute atomic E-state index is 0.0121. The monoisotopic (exact) mass is 293 g/mol. The molecule has 4 heteroatoms. The van der Waals surface area contributed by atoms with Gasteiger partial charge in [-0.25, -0.2) is 9.97 Å². The second-order valence-electron chi connectivity index (χ2n) is 5.21. The molecule has 0 spiro atoms. The number of benzene rings is 2. The van der Waals surface area contributed by atoms with E-state index in [0.717, 1.165) is 28.7 Å². The summed E-state index contributed by atoms with van der Waals surface area (Å²) < 4.78 is 0. The first-order valence-electron chi connectivity index (χ1n) is 7.51. The average molecular weight is 293 g/mol. The molecule has 0 saturated carbocycles. The van der Waals surface area contributed by atoms with Gasteiger partial charge in [-0.3, -0.25) is 0 Å². The standard InChI is InChI=1S/C18H19N3O/c1-2-14(12-22)19-18-15-10-6-7-11-16(15)20-17(21-18)13-8-4-3-5-9-13/h3-11,14,22H,2,12H2,1H3,(H,19,20,21)/t14-/m1/s1. The first-order valence-corrected chi connectivity index (χ1v) is 7.51. The van der Waals surface area contributed by atoms with Gasteiger partial charge in [0.15, 0.2) is 5.82 Å². The van der Waals surface area contributed by atoms with Crippen molar-refractivity contribution in [3.63, 3.8) is 0 Å². The van der Waals surface area contributed by atoms with Crippen LogP contribution >= 0.6 is 0 Å². The molecule has 2 aromatic carbocycles. The van der Waals surface area contributed by atoms with Crippen LogP contribution in [0.4, 0.5) is 5.82 Å². The molecule has 0 saturated heterocycles. The van der Waals surface area contributed by atoms with Gasteiger partial charge in [-0.1, -0.05) is 49.4 Å². The molecule has 4 nitrogen and oxygen atoms in total. The number of aliphatic hydroxyl groups excluding tert-OH is 1. The van der Waals surface area contributed by atoms with Gasteiger partial charge in [-0.15, -0.1) is 0 Å². The van der Waals surface area contributed by atoms with E-state index in [1.54, 1.807) is 0 Å². The van der Waals surface area contributed by atoms with Gasteiger partial charge in [0.05, 0.1) is 18.2 Å². The molecule has 0 fully saturated rings. The molecule has 1 heterocycles. The lowest BCUT2D eigenvalue weighted by Gasteiger charge is -2.17. The molecule has 0 radical (unpaired) electrons. The maximum absolute atomic E-state index is 9.44. The molecule has 22 heavy (non-hydrogen) atoms. The summed E-state index contributed by atoms with van der Waals surface area (Å²) >= 11 is 0. The quantitative estimate of drug-likeness (QED) is 0.756. The predicted octanol–water partition coefficient (Wildman–Crippen LogP) is 3.48. The molecule has 0 aliphatic heterocycles. The summed E-state index contributed by atoms with van der Waals surface area (Å²) in [5, 5.41) is 13.7. The number of aromatic nitrogens is 2. The largest absolute Gasteiger partial charge is 0.394 e. The first kappa shape index (κ1) is 14.5. The Bertz CT molecular complexity index is 755. The summed E-state index contributed by atoms with van der Waals surface area (Å²) in [5.41, 5.74) is 1.87. The first-order chi connectivity index (χ1) is 10.8. The molecule has 3 rings (SSSR count). The molecule has 1 atom stereocenters. The van der Waals surface area contributed by atoms with Crippen molar-refractivity contribution in [2.45, 2.75) is 19.4 Å². The second kappa shape index (κ2) is 6.54. The van der Waals surface area contributed by atoms with E-state index in [2.05, 4.69) is 15.3 Å². The minimum atomic E-state index is -0.0121. The summed E-state index contributed by atoms with van der Waals surface area (Å²) in [4.78, 5) is 9.32. The average Bonchev–Trinajstić information content (AvgIpc) is 2.60. The van der Waals surface area contributed by atoms with Crippen molar-refractivity contribution >= 4 is 16.7 Å². The van der Waals surface area contributed by atoms with Gasteiger partial charge < -0.3 is 10.4 Å². The molecule has 0 aliphatic carbocycles. The Kier molecular flexibility index (Phi) is 4.30. The Labute approximate surface area is 129 Å². The minimum Gasteiger partial charge on any atom is -0.394 e. The highest BCUT2D eigenvalue weighted by Gasteiger charge is 2.12. The highest BCUT2D eigenvalue weighted by Crippen LogP contribution is 2.25. The zero-order valence-corrected chi connectivity index (χ0v) is 12.5. The van der Waals surface area contributed by atoms with Crippen molar-refractivity contribution in [3.05, 3.63) is 54.6 Å². The van der Waals surface area contributed by atoms with Crippen LogP contribution in [0.1, 0.15) is 13.3 Å². The number of hydrogen-bond donors (Lipinski definition) is 2. The van der Waals surface area contributed by atoms with E-state index in [1.807, 2.05) is 61.5 Å². The molecule has 3 aromatic rings. The number of nitrogens with one attached hydrogen (secondary N) is 1. The molecule has 0 bridgehead atoms. The number of para-hydroxylation sites is 1. The molecule has 0 amide bonds. The second-order valence-corrected chi connectivity index (χ2v) is 5.21. The van der Waals surface area contributed by atoms with Crippen LogP contribution in [0.5, 0.6) is 0 Å². The summed E-state index contributed by atoms with van der Waals surface area (Å²) in [6.45, 7) is 2.12. The van der Waals surface area contributed by atoms with Crippen LogP contribution in [-0.4, -0.2) is 27.7 Å². The summed E-state index contributed by atoms with van der Waals surface area (Å²) in [7, 11) is 0. The Morgan fingerprint density at radius 2 is 1.73 bits per heavy atom. The fraction of sp³-hybridized carbons (Fsp3) is 0.222. The van der Waals surface area contributed by atoms with Crippen LogP contribution in [0.3, 0.4) is 0 Å². The highest BCUT2D eigenvalue weighted by molar-refractivity contribution is 5.90. The van der Waals surface area contributed by atoms with E-state index >= 15 is 0 Å². The maximum atomic E-state index is 9.44. The number of hydrogen-bond acceptors (Lipinski definition) is 4. The number of fused-ring (bicyclic) bond motifs is 1. The highest BCUT2D eigenvalue weighted by atomic mass is 16.3. The van der Waals surface area contributed by atoms with Crippen LogP contribution in [0, 0.1) is 0 Å². The third kappa shape index (κ3) is 2.92. The van der Waals surface area contributed by atoms with Gasteiger partial charge in [0, 0.05) is 10.9 Å². The van der Waals surface area contributed by atoms with Gasteiger partial charge in [-0.2, -0.15) is 0 Å². The predicted molar refractivity (Wildman–Crippen MR) is 89.8 cm³/mol. The van der Waals surface area contributed by atoms with Gasteiger partial charge >= 0.3 is 0 Å². The summed E-state index contributed by atoms with van der Waals surface area (Å²) in [6, 6.07) is 17.8. The lowest BCUT2D eigenvalue weighted by Crippen LogP contribution is -2.23. The summed E-state index contributed by atoms with van der Waals surface area (Å²) in [6.07, 6.45) is 0.829.